The fourth-order valence-electron chi connectivity index (χ4n) is 4.34. The fraction of sp³-hybridized carbons (Fsp3) is 0.167. The van der Waals surface area contributed by atoms with Crippen LogP contribution in [-0.2, 0) is 20.6 Å². The molecule has 174 valence electrons. The van der Waals surface area contributed by atoms with Gasteiger partial charge in [0.15, 0.2) is 6.10 Å². The maximum atomic E-state index is 13.6. The minimum atomic E-state index is -4.77. The number of carbonyl (C=O) groups is 2. The van der Waals surface area contributed by atoms with Crippen LogP contribution in [0.5, 0.6) is 0 Å². The van der Waals surface area contributed by atoms with Crippen LogP contribution in [0.4, 0.5) is 28.9 Å². The molecule has 2 saturated heterocycles. The Morgan fingerprint density at radius 2 is 1.53 bits per heavy atom. The Labute approximate surface area is 196 Å². The molecule has 3 aromatic carbocycles. The Kier molecular flexibility index (Phi) is 5.33. The highest BCUT2D eigenvalue weighted by Crippen LogP contribution is 2.48. The quantitative estimate of drug-likeness (QED) is 0.357. The van der Waals surface area contributed by atoms with E-state index < -0.39 is 52.5 Å². The van der Waals surface area contributed by atoms with E-state index >= 15 is 0 Å². The third-order valence-corrected chi connectivity index (χ3v) is 6.18. The number of para-hydroxylation sites is 1. The van der Waals surface area contributed by atoms with E-state index in [1.165, 1.54) is 35.4 Å². The summed E-state index contributed by atoms with van der Waals surface area (Å²) in [6.45, 7) is 0. The van der Waals surface area contributed by atoms with Crippen molar-refractivity contribution < 1.29 is 32.0 Å². The molecule has 5 rings (SSSR count). The van der Waals surface area contributed by atoms with Gasteiger partial charge in [0.25, 0.3) is 5.91 Å². The third-order valence-electron chi connectivity index (χ3n) is 5.85. The van der Waals surface area contributed by atoms with E-state index in [1.807, 2.05) is 0 Å². The maximum Gasteiger partial charge on any atom is 0.417 e. The van der Waals surface area contributed by atoms with Crippen LogP contribution in [0.2, 0.25) is 5.02 Å². The minimum absolute atomic E-state index is 0.256. The monoisotopic (exact) mass is 490 g/mol. The van der Waals surface area contributed by atoms with Gasteiger partial charge in [-0.15, -0.1) is 0 Å². The number of hydrogen-bond donors (Lipinski definition) is 0. The second-order valence-electron chi connectivity index (χ2n) is 7.88. The van der Waals surface area contributed by atoms with Crippen molar-refractivity contribution in [3.63, 3.8) is 0 Å². The number of nitrogens with zero attached hydrogens (tertiary/aromatic N) is 2. The van der Waals surface area contributed by atoms with Gasteiger partial charge in [-0.05, 0) is 48.0 Å². The Hall–Kier alpha value is -3.43. The molecule has 0 radical (unpaired) electrons. The Bertz CT molecular complexity index is 1270. The van der Waals surface area contributed by atoms with Crippen molar-refractivity contribution in [3.05, 3.63) is 94.8 Å². The summed E-state index contributed by atoms with van der Waals surface area (Å²) in [6.07, 6.45) is -6.04. The number of carbonyl (C=O) groups excluding carboxylic acids is 2. The van der Waals surface area contributed by atoms with Crippen molar-refractivity contribution in [2.75, 3.05) is 9.96 Å². The second-order valence-corrected chi connectivity index (χ2v) is 8.29. The van der Waals surface area contributed by atoms with Gasteiger partial charge in [0.1, 0.15) is 11.7 Å². The lowest BCUT2D eigenvalue weighted by Crippen LogP contribution is -2.37. The summed E-state index contributed by atoms with van der Waals surface area (Å²) in [6, 6.07) is 16.1. The van der Waals surface area contributed by atoms with Crippen LogP contribution >= 0.6 is 11.6 Å². The van der Waals surface area contributed by atoms with Gasteiger partial charge in [-0.3, -0.25) is 14.4 Å². The maximum absolute atomic E-state index is 13.6. The van der Waals surface area contributed by atoms with Crippen LogP contribution < -0.4 is 9.96 Å². The third kappa shape index (κ3) is 3.61. The van der Waals surface area contributed by atoms with Crippen molar-refractivity contribution in [3.8, 4) is 0 Å². The first-order valence-corrected chi connectivity index (χ1v) is 10.6. The average Bonchev–Trinajstić information content (AvgIpc) is 3.31. The van der Waals surface area contributed by atoms with Crippen molar-refractivity contribution in [2.45, 2.75) is 18.3 Å². The number of hydroxylamine groups is 1. The smallest absolute Gasteiger partial charge is 0.273 e. The first-order valence-electron chi connectivity index (χ1n) is 10.2. The highest BCUT2D eigenvalue weighted by atomic mass is 35.5. The number of amides is 2. The molecule has 0 aromatic heterocycles. The lowest BCUT2D eigenvalue weighted by atomic mass is 9.90. The SMILES string of the molecule is O=C1C2ON(c3ccccc3)C(c3ccc(F)cc3)C2C(=O)N1c1ccc(Cl)c(C(F)(F)F)c1. The molecular weight excluding hydrogens is 476 g/mol. The molecule has 2 heterocycles. The Morgan fingerprint density at radius 1 is 0.853 bits per heavy atom. The zero-order chi connectivity index (χ0) is 24.2. The van der Waals surface area contributed by atoms with Gasteiger partial charge in [0.05, 0.1) is 28.0 Å². The number of alkyl halides is 3. The molecule has 10 heteroatoms. The standard InChI is InChI=1S/C24H15ClF4N2O3/c25-18-11-10-16(12-17(18)24(27,28)29)30-22(32)19-20(13-6-8-14(26)9-7-13)31(34-21(19)23(30)33)15-4-2-1-3-5-15/h1-12,19-21H. The number of rotatable bonds is 3. The lowest BCUT2D eigenvalue weighted by molar-refractivity contribution is -0.137. The molecule has 2 amide bonds. The molecule has 2 aliphatic rings. The van der Waals surface area contributed by atoms with Crippen LogP contribution in [0, 0.1) is 11.7 Å². The number of benzene rings is 3. The zero-order valence-corrected chi connectivity index (χ0v) is 17.9. The molecule has 0 N–H and O–H groups in total. The molecular formula is C24H15ClF4N2O3. The van der Waals surface area contributed by atoms with Crippen molar-refractivity contribution in [1.29, 1.82) is 0 Å². The number of fused-ring (bicyclic) bond motifs is 1. The molecule has 5 nitrogen and oxygen atoms in total. The first kappa shape index (κ1) is 22.4. The van der Waals surface area contributed by atoms with E-state index in [0.717, 1.165) is 6.07 Å². The van der Waals surface area contributed by atoms with Gasteiger partial charge in [-0.2, -0.15) is 13.2 Å². The minimum Gasteiger partial charge on any atom is -0.273 e. The molecule has 0 bridgehead atoms. The molecule has 0 saturated carbocycles. The average molecular weight is 491 g/mol. The van der Waals surface area contributed by atoms with Gasteiger partial charge < -0.3 is 0 Å². The number of anilines is 2. The molecule has 0 spiro atoms. The van der Waals surface area contributed by atoms with E-state index in [9.17, 15) is 27.2 Å². The summed E-state index contributed by atoms with van der Waals surface area (Å²) in [5, 5.41) is 0.866. The summed E-state index contributed by atoms with van der Waals surface area (Å²) in [5.74, 6) is -3.07. The number of halogens is 5. The molecule has 0 aliphatic carbocycles. The topological polar surface area (TPSA) is 49.9 Å². The lowest BCUT2D eigenvalue weighted by Gasteiger charge is -2.29. The second kappa shape index (κ2) is 8.11. The molecule has 3 aromatic rings. The van der Waals surface area contributed by atoms with Crippen molar-refractivity contribution >= 4 is 34.8 Å². The molecule has 3 atom stereocenters. The van der Waals surface area contributed by atoms with Crippen molar-refractivity contribution in [1.82, 2.24) is 0 Å². The number of imide groups is 1. The van der Waals surface area contributed by atoms with Gasteiger partial charge in [0, 0.05) is 0 Å². The van der Waals surface area contributed by atoms with Gasteiger partial charge >= 0.3 is 6.18 Å². The molecule has 2 fully saturated rings. The van der Waals surface area contributed by atoms with Crippen LogP contribution in [0.1, 0.15) is 17.2 Å². The van der Waals surface area contributed by atoms with Crippen LogP contribution in [-0.4, -0.2) is 17.9 Å². The Morgan fingerprint density at radius 3 is 2.18 bits per heavy atom. The summed E-state index contributed by atoms with van der Waals surface area (Å²) < 4.78 is 53.7. The van der Waals surface area contributed by atoms with Crippen LogP contribution in [0.15, 0.2) is 72.8 Å². The van der Waals surface area contributed by atoms with Crippen LogP contribution in [0.3, 0.4) is 0 Å². The summed E-state index contributed by atoms with van der Waals surface area (Å²) >= 11 is 5.69. The largest absolute Gasteiger partial charge is 0.417 e. The van der Waals surface area contributed by atoms with E-state index in [1.54, 1.807) is 30.3 Å². The Balaban J connectivity index is 1.57. The van der Waals surface area contributed by atoms with Gasteiger partial charge in [-0.1, -0.05) is 41.9 Å². The predicted molar refractivity (Wildman–Crippen MR) is 115 cm³/mol. The highest BCUT2D eigenvalue weighted by Gasteiger charge is 2.60. The van der Waals surface area contributed by atoms with Crippen molar-refractivity contribution in [2.24, 2.45) is 5.92 Å². The molecule has 3 unspecified atom stereocenters. The zero-order valence-electron chi connectivity index (χ0n) is 17.2. The molecule has 2 aliphatic heterocycles. The fourth-order valence-corrected chi connectivity index (χ4v) is 4.56. The van der Waals surface area contributed by atoms with E-state index in [2.05, 4.69) is 0 Å². The van der Waals surface area contributed by atoms with E-state index in [-0.39, 0.29) is 5.69 Å². The normalized spacial score (nSPS) is 22.4. The van der Waals surface area contributed by atoms with Gasteiger partial charge in [-0.25, -0.2) is 14.4 Å². The number of hydrogen-bond acceptors (Lipinski definition) is 4. The van der Waals surface area contributed by atoms with Gasteiger partial charge in [0.2, 0.25) is 5.91 Å². The summed E-state index contributed by atoms with van der Waals surface area (Å²) in [7, 11) is 0. The summed E-state index contributed by atoms with van der Waals surface area (Å²) in [4.78, 5) is 33.3. The predicted octanol–water partition coefficient (Wildman–Crippen LogP) is 5.55. The highest BCUT2D eigenvalue weighted by molar-refractivity contribution is 6.31. The molecule has 34 heavy (non-hydrogen) atoms. The van der Waals surface area contributed by atoms with E-state index in [0.29, 0.717) is 22.2 Å². The summed E-state index contributed by atoms with van der Waals surface area (Å²) in [5.41, 5.74) is -0.350. The van der Waals surface area contributed by atoms with Crippen LogP contribution in [0.25, 0.3) is 0 Å². The van der Waals surface area contributed by atoms with E-state index in [4.69, 9.17) is 16.4 Å². The first-order chi connectivity index (χ1) is 16.2.